The van der Waals surface area contributed by atoms with Crippen LogP contribution in [0.3, 0.4) is 0 Å². The predicted octanol–water partition coefficient (Wildman–Crippen LogP) is 1.83. The molecule has 2 heterocycles. The molecule has 2 saturated heterocycles. The number of β-lactam (4-membered cyclic amide) rings is 1. The van der Waals surface area contributed by atoms with Gasteiger partial charge in [0.15, 0.2) is 10.5 Å². The molecule has 0 radical (unpaired) electrons. The number of benzene rings is 1. The van der Waals surface area contributed by atoms with Crippen molar-refractivity contribution in [2.24, 2.45) is 0 Å². The Bertz CT molecular complexity index is 464. The molecule has 0 unspecified atom stereocenters. The number of ether oxygens (including phenoxy) is 1. The van der Waals surface area contributed by atoms with Crippen molar-refractivity contribution in [1.29, 1.82) is 0 Å². The summed E-state index contributed by atoms with van der Waals surface area (Å²) in [7, 11) is 1.62. The number of amides is 1. The average molecular weight is 249 g/mol. The van der Waals surface area contributed by atoms with Gasteiger partial charge in [-0.2, -0.15) is 0 Å². The van der Waals surface area contributed by atoms with Gasteiger partial charge in [0.05, 0.1) is 0 Å². The van der Waals surface area contributed by atoms with Crippen molar-refractivity contribution in [1.82, 2.24) is 4.90 Å². The fraction of sp³-hybridized carbons (Fsp3) is 0.462. The van der Waals surface area contributed by atoms with Crippen molar-refractivity contribution in [3.05, 3.63) is 35.9 Å². The summed E-state index contributed by atoms with van der Waals surface area (Å²) >= 11 is 1.81. The summed E-state index contributed by atoms with van der Waals surface area (Å²) in [6.07, 6.45) is 0. The van der Waals surface area contributed by atoms with Crippen LogP contribution in [0.4, 0.5) is 0 Å². The molecule has 3 nitrogen and oxygen atoms in total. The molecular weight excluding hydrogens is 234 g/mol. The fourth-order valence-corrected chi connectivity index (χ4v) is 4.56. The third-order valence-electron chi connectivity index (χ3n) is 3.88. The molecule has 0 aromatic heterocycles. The van der Waals surface area contributed by atoms with Crippen LogP contribution in [0.5, 0.6) is 0 Å². The second-order valence-corrected chi connectivity index (χ2v) is 5.84. The van der Waals surface area contributed by atoms with Crippen LogP contribution in [0.15, 0.2) is 30.3 Å². The molecule has 0 spiro atoms. The lowest BCUT2D eigenvalue weighted by atomic mass is 9.78. The zero-order valence-electron chi connectivity index (χ0n) is 9.97. The van der Waals surface area contributed by atoms with Crippen LogP contribution in [0.1, 0.15) is 12.5 Å². The summed E-state index contributed by atoms with van der Waals surface area (Å²) in [5.74, 6) is 1.08. The van der Waals surface area contributed by atoms with Crippen LogP contribution in [0, 0.1) is 0 Å². The maximum absolute atomic E-state index is 12.2. The van der Waals surface area contributed by atoms with E-state index in [-0.39, 0.29) is 10.8 Å². The normalized spacial score (nSPS) is 35.6. The number of rotatable bonds is 2. The van der Waals surface area contributed by atoms with Gasteiger partial charge in [0, 0.05) is 19.4 Å². The highest BCUT2D eigenvalue weighted by Crippen LogP contribution is 2.61. The van der Waals surface area contributed by atoms with E-state index in [1.807, 2.05) is 41.8 Å². The van der Waals surface area contributed by atoms with E-state index in [4.69, 9.17) is 4.74 Å². The second-order valence-electron chi connectivity index (χ2n) is 4.55. The molecule has 4 heteroatoms. The maximum atomic E-state index is 12.2. The van der Waals surface area contributed by atoms with E-state index in [9.17, 15) is 4.79 Å². The molecule has 0 bridgehead atoms. The Morgan fingerprint density at radius 1 is 1.35 bits per heavy atom. The predicted molar refractivity (Wildman–Crippen MR) is 67.7 cm³/mol. The Morgan fingerprint density at radius 3 is 2.71 bits per heavy atom. The largest absolute Gasteiger partial charge is 0.365 e. The van der Waals surface area contributed by atoms with Gasteiger partial charge in [-0.05, 0) is 12.5 Å². The molecular formula is C13H15NO2S. The van der Waals surface area contributed by atoms with Gasteiger partial charge in [-0.3, -0.25) is 4.79 Å². The van der Waals surface area contributed by atoms with Gasteiger partial charge in [-0.25, -0.2) is 0 Å². The van der Waals surface area contributed by atoms with Crippen LogP contribution in [0.2, 0.25) is 0 Å². The Kier molecular flexibility index (Phi) is 2.28. The summed E-state index contributed by atoms with van der Waals surface area (Å²) in [5, 5.41) is 0. The molecule has 0 N–H and O–H groups in total. The minimum Gasteiger partial charge on any atom is -0.365 e. The zero-order chi connectivity index (χ0) is 12.1. The molecule has 1 aromatic rings. The van der Waals surface area contributed by atoms with Crippen molar-refractivity contribution in [2.45, 2.75) is 17.4 Å². The molecule has 0 aliphatic carbocycles. The minimum atomic E-state index is -0.727. The summed E-state index contributed by atoms with van der Waals surface area (Å²) in [6.45, 7) is 2.72. The van der Waals surface area contributed by atoms with E-state index < -0.39 is 5.60 Å². The minimum absolute atomic E-state index is 0.105. The first kappa shape index (κ1) is 11.1. The number of hydrogen-bond acceptors (Lipinski definition) is 3. The number of carbonyl (C=O) groups excluding carboxylic acids is 1. The smallest absolute Gasteiger partial charge is 0.259 e. The van der Waals surface area contributed by atoms with Crippen LogP contribution in [-0.2, 0) is 14.4 Å². The number of hydrogen-bond donors (Lipinski definition) is 0. The Labute approximate surface area is 105 Å². The third kappa shape index (κ3) is 1.10. The maximum Gasteiger partial charge on any atom is 0.259 e. The Balaban J connectivity index is 2.14. The molecule has 90 valence electrons. The monoisotopic (exact) mass is 249 g/mol. The Hall–Kier alpha value is -1.00. The fourth-order valence-electron chi connectivity index (χ4n) is 2.91. The highest BCUT2D eigenvalue weighted by atomic mass is 32.2. The van der Waals surface area contributed by atoms with Crippen LogP contribution < -0.4 is 0 Å². The van der Waals surface area contributed by atoms with E-state index in [0.29, 0.717) is 0 Å². The van der Waals surface area contributed by atoms with Crippen molar-refractivity contribution in [3.63, 3.8) is 0 Å². The SMILES string of the molecule is CO[C@@]1(C)C(=O)N2CCS[C@@]21c1ccccc1. The molecule has 17 heavy (non-hydrogen) atoms. The molecule has 2 fully saturated rings. The van der Waals surface area contributed by atoms with Gasteiger partial charge in [0.1, 0.15) is 0 Å². The highest BCUT2D eigenvalue weighted by Gasteiger charge is 2.72. The molecule has 3 rings (SSSR count). The highest BCUT2D eigenvalue weighted by molar-refractivity contribution is 8.00. The third-order valence-corrected chi connectivity index (χ3v) is 5.53. The van der Waals surface area contributed by atoms with E-state index in [0.717, 1.165) is 17.9 Å². The molecule has 1 aromatic carbocycles. The molecule has 2 aliphatic rings. The van der Waals surface area contributed by atoms with Crippen molar-refractivity contribution >= 4 is 17.7 Å². The van der Waals surface area contributed by atoms with Gasteiger partial charge in [0.2, 0.25) is 0 Å². The van der Waals surface area contributed by atoms with Gasteiger partial charge in [0.25, 0.3) is 5.91 Å². The lowest BCUT2D eigenvalue weighted by Crippen LogP contribution is -2.76. The van der Waals surface area contributed by atoms with E-state index in [1.165, 1.54) is 0 Å². The van der Waals surface area contributed by atoms with Crippen LogP contribution in [-0.4, -0.2) is 35.8 Å². The second kappa shape index (κ2) is 3.50. The van der Waals surface area contributed by atoms with E-state index >= 15 is 0 Å². The van der Waals surface area contributed by atoms with Crippen molar-refractivity contribution < 1.29 is 9.53 Å². The lowest BCUT2D eigenvalue weighted by Gasteiger charge is -2.58. The molecule has 2 atom stereocenters. The lowest BCUT2D eigenvalue weighted by molar-refractivity contribution is -0.200. The number of methoxy groups -OCH3 is 1. The average Bonchev–Trinajstić information content (AvgIpc) is 2.81. The van der Waals surface area contributed by atoms with E-state index in [2.05, 4.69) is 12.1 Å². The van der Waals surface area contributed by atoms with Gasteiger partial charge in [-0.1, -0.05) is 30.3 Å². The molecule has 0 saturated carbocycles. The van der Waals surface area contributed by atoms with E-state index in [1.54, 1.807) is 7.11 Å². The van der Waals surface area contributed by atoms with Crippen molar-refractivity contribution in [3.8, 4) is 0 Å². The summed E-state index contributed by atoms with van der Waals surface area (Å²) in [6, 6.07) is 10.2. The van der Waals surface area contributed by atoms with Crippen molar-refractivity contribution in [2.75, 3.05) is 19.4 Å². The Morgan fingerprint density at radius 2 is 2.06 bits per heavy atom. The van der Waals surface area contributed by atoms with Crippen LogP contribution >= 0.6 is 11.8 Å². The number of fused-ring (bicyclic) bond motifs is 1. The summed E-state index contributed by atoms with van der Waals surface area (Å²) < 4.78 is 5.55. The summed E-state index contributed by atoms with van der Waals surface area (Å²) in [5.41, 5.74) is 0.432. The number of thioether (sulfide) groups is 1. The topological polar surface area (TPSA) is 29.5 Å². The standard InChI is InChI=1S/C13H15NO2S/c1-12(16-2)11(15)14-8-9-17-13(12,14)10-6-4-3-5-7-10/h3-7H,8-9H2,1-2H3/t12-,13+/m0/s1. The summed E-state index contributed by atoms with van der Waals surface area (Å²) in [4.78, 5) is 13.8. The zero-order valence-corrected chi connectivity index (χ0v) is 10.8. The first-order chi connectivity index (χ1) is 8.17. The van der Waals surface area contributed by atoms with Crippen LogP contribution in [0.25, 0.3) is 0 Å². The van der Waals surface area contributed by atoms with Gasteiger partial charge in [-0.15, -0.1) is 11.8 Å². The quantitative estimate of drug-likeness (QED) is 0.749. The first-order valence-electron chi connectivity index (χ1n) is 5.73. The van der Waals surface area contributed by atoms with Gasteiger partial charge < -0.3 is 9.64 Å². The molecule has 2 aliphatic heterocycles. The first-order valence-corrected chi connectivity index (χ1v) is 6.72. The molecule has 1 amide bonds. The van der Waals surface area contributed by atoms with Gasteiger partial charge >= 0.3 is 0 Å². The number of nitrogens with zero attached hydrogens (tertiary/aromatic N) is 1. The number of carbonyl (C=O) groups is 1.